The molecule has 1 aromatic carbocycles. The molecule has 2 heterocycles. The third kappa shape index (κ3) is 3.46. The second-order valence-electron chi connectivity index (χ2n) is 6.03. The molecule has 0 radical (unpaired) electrons. The summed E-state index contributed by atoms with van der Waals surface area (Å²) in [6.45, 7) is 7.39. The number of likely N-dealkylation sites (N-methyl/N-ethyl adjacent to an activating group) is 1. The number of rotatable bonds is 2. The molecule has 0 N–H and O–H groups in total. The monoisotopic (exact) mass is 385 g/mol. The predicted molar refractivity (Wildman–Crippen MR) is 93.5 cm³/mol. The molecule has 0 bridgehead atoms. The molecule has 0 atom stereocenters. The summed E-state index contributed by atoms with van der Waals surface area (Å²) in [6.07, 6.45) is 2.63. The highest BCUT2D eigenvalue weighted by atomic mass is 127. The molecular weight excluding hydrogens is 361 g/mol. The van der Waals surface area contributed by atoms with Gasteiger partial charge in [0.25, 0.3) is 0 Å². The van der Waals surface area contributed by atoms with Gasteiger partial charge in [0, 0.05) is 54.6 Å². The highest BCUT2D eigenvalue weighted by Gasteiger charge is 2.26. The van der Waals surface area contributed by atoms with Gasteiger partial charge in [-0.3, -0.25) is 4.90 Å². The molecule has 1 aromatic rings. The SMILES string of the molecule is CN1CCN(C2CCN(c3ccc(I)cc3)CC2)CC1. The second-order valence-corrected chi connectivity index (χ2v) is 7.28. The summed E-state index contributed by atoms with van der Waals surface area (Å²) in [5.74, 6) is 0. The zero-order valence-electron chi connectivity index (χ0n) is 12.3. The van der Waals surface area contributed by atoms with E-state index in [-0.39, 0.29) is 0 Å². The average molecular weight is 385 g/mol. The number of anilines is 1. The van der Waals surface area contributed by atoms with Crippen LogP contribution in [0.2, 0.25) is 0 Å². The van der Waals surface area contributed by atoms with Crippen LogP contribution in [0.3, 0.4) is 0 Å². The Morgan fingerprint density at radius 1 is 0.900 bits per heavy atom. The average Bonchev–Trinajstić information content (AvgIpc) is 2.49. The molecule has 0 amide bonds. The van der Waals surface area contributed by atoms with Gasteiger partial charge in [-0.1, -0.05) is 0 Å². The van der Waals surface area contributed by atoms with Gasteiger partial charge in [-0.15, -0.1) is 0 Å². The van der Waals surface area contributed by atoms with Gasteiger partial charge in [0.1, 0.15) is 0 Å². The van der Waals surface area contributed by atoms with E-state index in [1.165, 1.54) is 61.4 Å². The summed E-state index contributed by atoms with van der Waals surface area (Å²) in [4.78, 5) is 7.70. The number of hydrogen-bond donors (Lipinski definition) is 0. The molecule has 2 aliphatic rings. The molecule has 0 aliphatic carbocycles. The van der Waals surface area contributed by atoms with E-state index in [9.17, 15) is 0 Å². The van der Waals surface area contributed by atoms with Crippen LogP contribution in [-0.2, 0) is 0 Å². The van der Waals surface area contributed by atoms with Gasteiger partial charge in [-0.2, -0.15) is 0 Å². The Hall–Kier alpha value is -0.330. The minimum absolute atomic E-state index is 0.809. The maximum absolute atomic E-state index is 2.71. The van der Waals surface area contributed by atoms with Crippen molar-refractivity contribution < 1.29 is 0 Å². The third-order valence-corrected chi connectivity index (χ3v) is 5.43. The van der Waals surface area contributed by atoms with Gasteiger partial charge in [0.05, 0.1) is 0 Å². The van der Waals surface area contributed by atoms with Gasteiger partial charge < -0.3 is 9.80 Å². The molecule has 0 spiro atoms. The van der Waals surface area contributed by atoms with Crippen LogP contribution in [0.1, 0.15) is 12.8 Å². The van der Waals surface area contributed by atoms with Gasteiger partial charge >= 0.3 is 0 Å². The quantitative estimate of drug-likeness (QED) is 0.725. The summed E-state index contributed by atoms with van der Waals surface area (Å²) < 4.78 is 1.32. The van der Waals surface area contributed by atoms with Crippen molar-refractivity contribution in [3.05, 3.63) is 27.8 Å². The maximum atomic E-state index is 2.71. The number of hydrogen-bond acceptors (Lipinski definition) is 3. The van der Waals surface area contributed by atoms with Gasteiger partial charge in [-0.25, -0.2) is 0 Å². The Labute approximate surface area is 136 Å². The Kier molecular flexibility index (Phi) is 4.83. The van der Waals surface area contributed by atoms with E-state index in [1.54, 1.807) is 0 Å². The molecule has 2 aliphatic heterocycles. The summed E-state index contributed by atoms with van der Waals surface area (Å²) in [7, 11) is 2.23. The highest BCUT2D eigenvalue weighted by Crippen LogP contribution is 2.23. The first-order valence-corrected chi connectivity index (χ1v) is 8.73. The fraction of sp³-hybridized carbons (Fsp3) is 0.625. The van der Waals surface area contributed by atoms with Crippen molar-refractivity contribution in [2.24, 2.45) is 0 Å². The number of halogens is 1. The van der Waals surface area contributed by atoms with Crippen molar-refractivity contribution >= 4 is 28.3 Å². The number of piperidine rings is 1. The van der Waals surface area contributed by atoms with Crippen molar-refractivity contribution in [3.63, 3.8) is 0 Å². The van der Waals surface area contributed by atoms with E-state index in [1.807, 2.05) is 0 Å². The number of piperazine rings is 1. The van der Waals surface area contributed by atoms with Crippen LogP contribution in [0.5, 0.6) is 0 Å². The van der Waals surface area contributed by atoms with E-state index >= 15 is 0 Å². The van der Waals surface area contributed by atoms with Crippen LogP contribution in [0.15, 0.2) is 24.3 Å². The second kappa shape index (κ2) is 6.62. The number of benzene rings is 1. The molecule has 20 heavy (non-hydrogen) atoms. The predicted octanol–water partition coefficient (Wildman–Crippen LogP) is 2.51. The normalized spacial score (nSPS) is 23.2. The fourth-order valence-electron chi connectivity index (χ4n) is 3.33. The van der Waals surface area contributed by atoms with E-state index in [0.717, 1.165) is 6.04 Å². The van der Waals surface area contributed by atoms with Crippen LogP contribution < -0.4 is 4.90 Å². The first-order valence-electron chi connectivity index (χ1n) is 7.65. The van der Waals surface area contributed by atoms with Crippen LogP contribution in [0.4, 0.5) is 5.69 Å². The van der Waals surface area contributed by atoms with E-state index in [0.29, 0.717) is 0 Å². The minimum atomic E-state index is 0.809. The third-order valence-electron chi connectivity index (χ3n) is 4.71. The lowest BCUT2D eigenvalue weighted by Gasteiger charge is -2.42. The molecule has 110 valence electrons. The van der Waals surface area contributed by atoms with Gasteiger partial charge in [0.15, 0.2) is 0 Å². The van der Waals surface area contributed by atoms with Crippen LogP contribution in [0.25, 0.3) is 0 Å². The largest absolute Gasteiger partial charge is 0.371 e. The van der Waals surface area contributed by atoms with Crippen molar-refractivity contribution in [3.8, 4) is 0 Å². The highest BCUT2D eigenvalue weighted by molar-refractivity contribution is 14.1. The van der Waals surface area contributed by atoms with Crippen molar-refractivity contribution in [2.75, 3.05) is 51.2 Å². The molecular formula is C16H24IN3. The Balaban J connectivity index is 1.53. The molecule has 4 heteroatoms. The Bertz CT molecular complexity index is 418. The van der Waals surface area contributed by atoms with Crippen molar-refractivity contribution in [1.29, 1.82) is 0 Å². The van der Waals surface area contributed by atoms with E-state index in [4.69, 9.17) is 0 Å². The minimum Gasteiger partial charge on any atom is -0.371 e. The maximum Gasteiger partial charge on any atom is 0.0366 e. The summed E-state index contributed by atoms with van der Waals surface area (Å²) in [5.41, 5.74) is 1.39. The smallest absolute Gasteiger partial charge is 0.0366 e. The first kappa shape index (κ1) is 14.6. The molecule has 0 aromatic heterocycles. The van der Waals surface area contributed by atoms with Crippen LogP contribution in [0, 0.1) is 3.57 Å². The standard InChI is InChI=1S/C16H24IN3/c1-18-10-12-20(13-11-18)16-6-8-19(9-7-16)15-4-2-14(17)3-5-15/h2-5,16H,6-13H2,1H3. The lowest BCUT2D eigenvalue weighted by atomic mass is 10.0. The van der Waals surface area contributed by atoms with E-state index < -0.39 is 0 Å². The Morgan fingerprint density at radius 3 is 2.10 bits per heavy atom. The fourth-order valence-corrected chi connectivity index (χ4v) is 3.69. The molecule has 3 rings (SSSR count). The lowest BCUT2D eigenvalue weighted by molar-refractivity contribution is 0.0982. The van der Waals surface area contributed by atoms with Crippen molar-refractivity contribution in [2.45, 2.75) is 18.9 Å². The number of nitrogens with zero attached hydrogens (tertiary/aromatic N) is 3. The summed E-state index contributed by atoms with van der Waals surface area (Å²) >= 11 is 2.37. The topological polar surface area (TPSA) is 9.72 Å². The van der Waals surface area contributed by atoms with Gasteiger partial charge in [-0.05, 0) is 66.7 Å². The molecule has 2 saturated heterocycles. The molecule has 3 nitrogen and oxygen atoms in total. The Morgan fingerprint density at radius 2 is 1.50 bits per heavy atom. The first-order chi connectivity index (χ1) is 9.72. The van der Waals surface area contributed by atoms with E-state index in [2.05, 4.69) is 68.6 Å². The zero-order valence-corrected chi connectivity index (χ0v) is 14.4. The zero-order chi connectivity index (χ0) is 13.9. The van der Waals surface area contributed by atoms with Crippen LogP contribution >= 0.6 is 22.6 Å². The van der Waals surface area contributed by atoms with Crippen molar-refractivity contribution in [1.82, 2.24) is 9.80 Å². The summed E-state index contributed by atoms with van der Waals surface area (Å²) in [6, 6.07) is 9.75. The molecule has 0 unspecified atom stereocenters. The molecule has 2 fully saturated rings. The molecule has 0 saturated carbocycles. The lowest BCUT2D eigenvalue weighted by Crippen LogP contribution is -2.52. The van der Waals surface area contributed by atoms with Gasteiger partial charge in [0.2, 0.25) is 0 Å². The summed E-state index contributed by atoms with van der Waals surface area (Å²) in [5, 5.41) is 0. The van der Waals surface area contributed by atoms with Crippen LogP contribution in [-0.4, -0.2) is 62.2 Å².